The number of hydrogen-bond acceptors (Lipinski definition) is 4. The van der Waals surface area contributed by atoms with Gasteiger partial charge in [0.2, 0.25) is 0 Å². The van der Waals surface area contributed by atoms with Gasteiger partial charge < -0.3 is 19.5 Å². The number of ether oxygens (including phenoxy) is 2. The van der Waals surface area contributed by atoms with Crippen molar-refractivity contribution in [3.05, 3.63) is 66.7 Å². The van der Waals surface area contributed by atoms with E-state index in [1.54, 1.807) is 12.1 Å². The Morgan fingerprint density at radius 1 is 0.690 bits per heavy atom. The molecule has 2 N–H and O–H groups in total. The van der Waals surface area contributed by atoms with E-state index in [1.165, 1.54) is 0 Å². The van der Waals surface area contributed by atoms with Crippen molar-refractivity contribution < 1.29 is 19.5 Å². The predicted octanol–water partition coefficient (Wildman–Crippen LogP) is 4.14. The number of rotatable bonds is 6. The topological polar surface area (TPSA) is 58.9 Å². The molecule has 0 radical (unpaired) electrons. The zero-order valence-corrected chi connectivity index (χ0v) is 16.6. The van der Waals surface area contributed by atoms with Gasteiger partial charge in [-0.15, -0.1) is 0 Å². The summed E-state index contributed by atoms with van der Waals surface area (Å²) in [5.41, 5.74) is 2.38. The molecule has 0 bridgehead atoms. The Hall–Kier alpha value is -3.02. The van der Waals surface area contributed by atoms with Gasteiger partial charge >= 0.3 is 7.12 Å². The second-order valence-electron chi connectivity index (χ2n) is 6.82. The number of benzene rings is 4. The lowest BCUT2D eigenvalue weighted by molar-refractivity contribution is 0.337. The third-order valence-corrected chi connectivity index (χ3v) is 5.04. The molecule has 0 aliphatic carbocycles. The summed E-state index contributed by atoms with van der Waals surface area (Å²) in [5.74, 6) is 1.57. The smallest absolute Gasteiger partial charge is 0.488 e. The summed E-state index contributed by atoms with van der Waals surface area (Å²) < 4.78 is 12.0. The van der Waals surface area contributed by atoms with Gasteiger partial charge in [0.1, 0.15) is 11.5 Å². The summed E-state index contributed by atoms with van der Waals surface area (Å²) in [6.45, 7) is 5.04. The van der Waals surface area contributed by atoms with E-state index in [0.717, 1.165) is 44.2 Å². The summed E-state index contributed by atoms with van der Waals surface area (Å²) >= 11 is 0. The van der Waals surface area contributed by atoms with Gasteiger partial charge in [-0.3, -0.25) is 0 Å². The number of hydrogen-bond donors (Lipinski definition) is 2. The molecule has 5 heteroatoms. The van der Waals surface area contributed by atoms with Crippen LogP contribution in [0.25, 0.3) is 32.7 Å². The van der Waals surface area contributed by atoms with E-state index in [-0.39, 0.29) is 0 Å². The van der Waals surface area contributed by atoms with E-state index in [2.05, 4.69) is 18.2 Å². The van der Waals surface area contributed by atoms with Gasteiger partial charge in [-0.25, -0.2) is 0 Å². The second kappa shape index (κ2) is 8.15. The summed E-state index contributed by atoms with van der Waals surface area (Å²) in [5, 5.41) is 23.2. The molecular weight excluding hydrogens is 363 g/mol. The summed E-state index contributed by atoms with van der Waals surface area (Å²) in [7, 11) is -1.51. The zero-order valence-electron chi connectivity index (χ0n) is 16.6. The molecule has 4 rings (SSSR count). The zero-order chi connectivity index (χ0) is 20.4. The Labute approximate surface area is 170 Å². The highest BCUT2D eigenvalue weighted by Crippen LogP contribution is 2.45. The van der Waals surface area contributed by atoms with Gasteiger partial charge in [-0.05, 0) is 53.0 Å². The van der Waals surface area contributed by atoms with E-state index in [0.29, 0.717) is 18.7 Å². The number of fused-ring (bicyclic) bond motifs is 2. The first kappa shape index (κ1) is 19.3. The highest BCUT2D eigenvalue weighted by molar-refractivity contribution is 6.59. The average molecular weight is 386 g/mol. The monoisotopic (exact) mass is 386 g/mol. The van der Waals surface area contributed by atoms with Gasteiger partial charge in [0, 0.05) is 11.1 Å². The SMILES string of the molecule is CCOc1ccc2ccccc2c1-c1c(OCC)ccc2cc(B(O)O)ccc12. The van der Waals surface area contributed by atoms with Crippen molar-refractivity contribution in [1.82, 2.24) is 0 Å². The molecule has 0 amide bonds. The van der Waals surface area contributed by atoms with Gasteiger partial charge in [-0.1, -0.05) is 54.6 Å². The second-order valence-corrected chi connectivity index (χ2v) is 6.82. The Kier molecular flexibility index (Phi) is 5.43. The maximum Gasteiger partial charge on any atom is 0.488 e. The van der Waals surface area contributed by atoms with E-state index < -0.39 is 7.12 Å². The maximum absolute atomic E-state index is 9.57. The molecule has 0 spiro atoms. The van der Waals surface area contributed by atoms with Crippen molar-refractivity contribution >= 4 is 34.1 Å². The lowest BCUT2D eigenvalue weighted by Gasteiger charge is -2.19. The lowest BCUT2D eigenvalue weighted by Crippen LogP contribution is -2.29. The average Bonchev–Trinajstić information content (AvgIpc) is 2.74. The Balaban J connectivity index is 2.11. The quantitative estimate of drug-likeness (QED) is 0.489. The molecule has 4 nitrogen and oxygen atoms in total. The molecule has 146 valence electrons. The highest BCUT2D eigenvalue weighted by Gasteiger charge is 2.20. The minimum atomic E-state index is -1.51. The molecule has 0 saturated heterocycles. The molecule has 0 aromatic heterocycles. The molecule has 0 fully saturated rings. The lowest BCUT2D eigenvalue weighted by atomic mass is 9.79. The van der Waals surface area contributed by atoms with Crippen molar-refractivity contribution in [2.45, 2.75) is 13.8 Å². The van der Waals surface area contributed by atoms with Gasteiger partial charge in [0.05, 0.1) is 13.2 Å². The van der Waals surface area contributed by atoms with E-state index in [9.17, 15) is 10.0 Å². The Bertz CT molecular complexity index is 1170. The Morgan fingerprint density at radius 3 is 1.90 bits per heavy atom. The molecule has 0 saturated carbocycles. The molecule has 29 heavy (non-hydrogen) atoms. The molecule has 0 atom stereocenters. The first-order valence-corrected chi connectivity index (χ1v) is 9.84. The van der Waals surface area contributed by atoms with Crippen molar-refractivity contribution in [3.63, 3.8) is 0 Å². The van der Waals surface area contributed by atoms with Crippen LogP contribution in [0.5, 0.6) is 11.5 Å². The van der Waals surface area contributed by atoms with Crippen LogP contribution in [-0.2, 0) is 0 Å². The molecule has 0 aliphatic rings. The van der Waals surface area contributed by atoms with Crippen molar-refractivity contribution in [2.75, 3.05) is 13.2 Å². The van der Waals surface area contributed by atoms with Crippen LogP contribution in [0, 0.1) is 0 Å². The van der Waals surface area contributed by atoms with Crippen LogP contribution in [0.2, 0.25) is 0 Å². The van der Waals surface area contributed by atoms with Crippen molar-refractivity contribution in [2.24, 2.45) is 0 Å². The van der Waals surface area contributed by atoms with Crippen LogP contribution in [0.4, 0.5) is 0 Å². The standard InChI is InChI=1S/C24H23BO4/c1-3-28-21-13-9-16-7-5-6-8-19(16)23(21)24-20-12-11-18(25(26)27)15-17(20)10-14-22(24)29-4-2/h5-15,26-27H,3-4H2,1-2H3. The molecule has 0 aliphatic heterocycles. The third kappa shape index (κ3) is 3.55. The van der Waals surface area contributed by atoms with Crippen molar-refractivity contribution in [1.29, 1.82) is 0 Å². The molecule has 4 aromatic carbocycles. The molecule has 0 unspecified atom stereocenters. The predicted molar refractivity (Wildman–Crippen MR) is 119 cm³/mol. The largest absolute Gasteiger partial charge is 0.493 e. The van der Waals surface area contributed by atoms with Gasteiger partial charge in [-0.2, -0.15) is 0 Å². The fourth-order valence-electron chi connectivity index (χ4n) is 3.81. The molecule has 0 heterocycles. The van der Waals surface area contributed by atoms with E-state index in [1.807, 2.05) is 50.2 Å². The van der Waals surface area contributed by atoms with Crippen LogP contribution >= 0.6 is 0 Å². The van der Waals surface area contributed by atoms with Crippen LogP contribution in [-0.4, -0.2) is 30.4 Å². The van der Waals surface area contributed by atoms with Crippen molar-refractivity contribution in [3.8, 4) is 22.6 Å². The van der Waals surface area contributed by atoms with Gasteiger partial charge in [0.15, 0.2) is 0 Å². The first-order valence-electron chi connectivity index (χ1n) is 9.84. The van der Waals surface area contributed by atoms with Crippen LogP contribution in [0.1, 0.15) is 13.8 Å². The first-order chi connectivity index (χ1) is 14.1. The summed E-state index contributed by atoms with van der Waals surface area (Å²) in [4.78, 5) is 0. The maximum atomic E-state index is 9.57. The fraction of sp³-hybridized carbons (Fsp3) is 0.167. The van der Waals surface area contributed by atoms with E-state index >= 15 is 0 Å². The van der Waals surface area contributed by atoms with E-state index in [4.69, 9.17) is 9.47 Å². The third-order valence-electron chi connectivity index (χ3n) is 5.04. The van der Waals surface area contributed by atoms with Gasteiger partial charge in [0.25, 0.3) is 0 Å². The molecule has 4 aromatic rings. The Morgan fingerprint density at radius 2 is 1.28 bits per heavy atom. The highest BCUT2D eigenvalue weighted by atomic mass is 16.5. The van der Waals surface area contributed by atoms with Crippen LogP contribution in [0.15, 0.2) is 66.7 Å². The summed E-state index contributed by atoms with van der Waals surface area (Å²) in [6, 6.07) is 21.6. The molecular formula is C24H23BO4. The summed E-state index contributed by atoms with van der Waals surface area (Å²) in [6.07, 6.45) is 0. The van der Waals surface area contributed by atoms with Crippen LogP contribution < -0.4 is 14.9 Å². The normalized spacial score (nSPS) is 11.0. The fourth-order valence-corrected chi connectivity index (χ4v) is 3.81. The minimum Gasteiger partial charge on any atom is -0.493 e. The minimum absolute atomic E-state index is 0.454. The van der Waals surface area contributed by atoms with Crippen LogP contribution in [0.3, 0.4) is 0 Å².